The Morgan fingerprint density at radius 3 is 2.75 bits per heavy atom. The topological polar surface area (TPSA) is 45.0 Å². The number of para-hydroxylation sites is 1. The van der Waals surface area contributed by atoms with Crippen LogP contribution >= 0.6 is 0 Å². The maximum atomic E-state index is 12.6. The maximum Gasteiger partial charge on any atom is 0.279 e. The predicted molar refractivity (Wildman–Crippen MR) is 99.0 cm³/mol. The first-order valence-electron chi connectivity index (χ1n) is 7.82. The van der Waals surface area contributed by atoms with Gasteiger partial charge in [0.05, 0.1) is 11.9 Å². The normalized spacial score (nSPS) is 15.3. The molecule has 0 aliphatic carbocycles. The molecule has 0 radical (unpaired) electrons. The van der Waals surface area contributed by atoms with Crippen LogP contribution in [0.4, 0.5) is 5.69 Å². The van der Waals surface area contributed by atoms with Crippen molar-refractivity contribution < 1.29 is 4.79 Å². The number of aryl methyl sites for hydroxylation is 2. The third-order valence-electron chi connectivity index (χ3n) is 4.00. The highest BCUT2D eigenvalue weighted by molar-refractivity contribution is 6.54. The van der Waals surface area contributed by atoms with Gasteiger partial charge in [-0.15, -0.1) is 11.7 Å². The van der Waals surface area contributed by atoms with Crippen molar-refractivity contribution in [2.24, 2.45) is 10.2 Å². The molecule has 3 rings (SSSR count). The van der Waals surface area contributed by atoms with E-state index in [1.54, 1.807) is 17.2 Å². The van der Waals surface area contributed by atoms with E-state index in [0.29, 0.717) is 12.3 Å². The van der Waals surface area contributed by atoms with Gasteiger partial charge in [-0.2, -0.15) is 5.10 Å². The van der Waals surface area contributed by atoms with Crippen molar-refractivity contribution in [2.75, 3.05) is 11.4 Å². The number of hydrogen-bond acceptors (Lipinski definition) is 3. The van der Waals surface area contributed by atoms with Crippen LogP contribution in [-0.2, 0) is 4.79 Å². The fraction of sp³-hybridized carbons (Fsp3) is 0.150. The minimum Gasteiger partial charge on any atom is -0.302 e. The summed E-state index contributed by atoms with van der Waals surface area (Å²) in [6.45, 7) is 8.22. The minimum absolute atomic E-state index is 0.144. The predicted octanol–water partition coefficient (Wildman–Crippen LogP) is 3.66. The van der Waals surface area contributed by atoms with Gasteiger partial charge in [-0.25, -0.2) is 0 Å². The van der Waals surface area contributed by atoms with Crippen molar-refractivity contribution in [3.8, 4) is 0 Å². The molecule has 0 spiro atoms. The number of rotatable bonds is 4. The monoisotopic (exact) mass is 317 g/mol. The van der Waals surface area contributed by atoms with Crippen molar-refractivity contribution in [1.29, 1.82) is 0 Å². The molecular weight excluding hydrogens is 298 g/mol. The molecule has 4 nitrogen and oxygen atoms in total. The summed E-state index contributed by atoms with van der Waals surface area (Å²) in [6.07, 6.45) is 3.40. The number of hydrogen-bond donors (Lipinski definition) is 0. The number of benzene rings is 2. The zero-order chi connectivity index (χ0) is 17.1. The number of carbonyl (C=O) groups is 1. The Hall–Kier alpha value is -3.01. The third-order valence-corrected chi connectivity index (χ3v) is 4.00. The average Bonchev–Trinajstić information content (AvgIpc) is 2.84. The summed E-state index contributed by atoms with van der Waals surface area (Å²) in [7, 11) is 0. The zero-order valence-corrected chi connectivity index (χ0v) is 13.9. The molecule has 0 fully saturated rings. The molecule has 0 saturated heterocycles. The number of nitrogens with zero attached hydrogens (tertiary/aromatic N) is 3. The van der Waals surface area contributed by atoms with Crippen LogP contribution in [0.25, 0.3) is 0 Å². The van der Waals surface area contributed by atoms with Crippen molar-refractivity contribution in [2.45, 2.75) is 13.8 Å². The summed E-state index contributed by atoms with van der Waals surface area (Å²) in [4.78, 5) is 14.3. The Bertz CT molecular complexity index is 865. The van der Waals surface area contributed by atoms with E-state index in [1.165, 1.54) is 0 Å². The van der Waals surface area contributed by atoms with E-state index in [1.807, 2.05) is 50.2 Å². The first-order chi connectivity index (χ1) is 11.6. The Kier molecular flexibility index (Phi) is 4.38. The smallest absolute Gasteiger partial charge is 0.279 e. The molecular formula is C20H19N3O. The van der Waals surface area contributed by atoms with E-state index in [-0.39, 0.29) is 5.91 Å². The van der Waals surface area contributed by atoms with Crippen molar-refractivity contribution >= 4 is 23.5 Å². The molecule has 120 valence electrons. The van der Waals surface area contributed by atoms with Crippen LogP contribution in [0.2, 0.25) is 0 Å². The van der Waals surface area contributed by atoms with E-state index in [9.17, 15) is 4.79 Å². The largest absolute Gasteiger partial charge is 0.302 e. The van der Waals surface area contributed by atoms with E-state index >= 15 is 0 Å². The van der Waals surface area contributed by atoms with Crippen LogP contribution in [0.3, 0.4) is 0 Å². The molecule has 0 atom stereocenters. The first kappa shape index (κ1) is 15.9. The second-order valence-electron chi connectivity index (χ2n) is 5.77. The van der Waals surface area contributed by atoms with Gasteiger partial charge in [0.1, 0.15) is 0 Å². The highest BCUT2D eigenvalue weighted by Crippen LogP contribution is 2.29. The van der Waals surface area contributed by atoms with Gasteiger partial charge in [0.2, 0.25) is 0 Å². The molecule has 24 heavy (non-hydrogen) atoms. The van der Waals surface area contributed by atoms with Crippen molar-refractivity contribution in [1.82, 2.24) is 0 Å². The van der Waals surface area contributed by atoms with Gasteiger partial charge in [-0.05, 0) is 31.0 Å². The standard InChI is InChI=1S/C20H19N3O/c1-4-11-23-18-8-6-5-7-17(18)19(20(23)24)22-21-13-16-12-14(2)9-10-15(16)3/h4-10,12-13H,1,11H2,2-3H3/b21-13-,22-19-. The zero-order valence-electron chi connectivity index (χ0n) is 13.9. The lowest BCUT2D eigenvalue weighted by Gasteiger charge is -2.13. The summed E-state index contributed by atoms with van der Waals surface area (Å²) in [5.41, 5.74) is 5.31. The second kappa shape index (κ2) is 6.62. The molecule has 1 amide bonds. The Morgan fingerprint density at radius 1 is 1.17 bits per heavy atom. The summed E-state index contributed by atoms with van der Waals surface area (Å²) in [5.74, 6) is -0.144. The molecule has 2 aromatic carbocycles. The van der Waals surface area contributed by atoms with Crippen LogP contribution in [0.15, 0.2) is 65.3 Å². The Morgan fingerprint density at radius 2 is 1.96 bits per heavy atom. The lowest BCUT2D eigenvalue weighted by Crippen LogP contribution is -2.30. The van der Waals surface area contributed by atoms with E-state index in [2.05, 4.69) is 22.8 Å². The molecule has 1 aliphatic rings. The molecule has 4 heteroatoms. The molecule has 0 aromatic heterocycles. The molecule has 1 aliphatic heterocycles. The SMILES string of the molecule is C=CCN1C(=O)/C(=N\N=C/c2cc(C)ccc2C)c2ccccc21. The van der Waals surface area contributed by atoms with Crippen molar-refractivity contribution in [3.63, 3.8) is 0 Å². The molecule has 2 aromatic rings. The highest BCUT2D eigenvalue weighted by Gasteiger charge is 2.32. The number of anilines is 1. The highest BCUT2D eigenvalue weighted by atomic mass is 16.2. The number of amides is 1. The molecule has 0 N–H and O–H groups in total. The van der Waals surface area contributed by atoms with Crippen molar-refractivity contribution in [3.05, 3.63) is 77.4 Å². The van der Waals surface area contributed by atoms with Gasteiger partial charge < -0.3 is 4.90 Å². The Balaban J connectivity index is 1.95. The molecule has 1 heterocycles. The van der Waals surface area contributed by atoms with Gasteiger partial charge in [0, 0.05) is 12.1 Å². The number of fused-ring (bicyclic) bond motifs is 1. The maximum absolute atomic E-state index is 12.6. The lowest BCUT2D eigenvalue weighted by atomic mass is 10.1. The summed E-state index contributed by atoms with van der Waals surface area (Å²) in [5, 5.41) is 8.36. The second-order valence-corrected chi connectivity index (χ2v) is 5.77. The molecule has 0 unspecified atom stereocenters. The molecule has 0 saturated carbocycles. The van der Waals surface area contributed by atoms with Gasteiger partial charge in [0.25, 0.3) is 5.91 Å². The summed E-state index contributed by atoms with van der Waals surface area (Å²) >= 11 is 0. The van der Waals surface area contributed by atoms with E-state index < -0.39 is 0 Å². The van der Waals surface area contributed by atoms with E-state index in [4.69, 9.17) is 0 Å². The van der Waals surface area contributed by atoms with Gasteiger partial charge >= 0.3 is 0 Å². The van der Waals surface area contributed by atoms with Crippen LogP contribution in [0.5, 0.6) is 0 Å². The lowest BCUT2D eigenvalue weighted by molar-refractivity contribution is -0.112. The van der Waals surface area contributed by atoms with Gasteiger partial charge in [0.15, 0.2) is 5.71 Å². The van der Waals surface area contributed by atoms with Crippen LogP contribution in [-0.4, -0.2) is 24.4 Å². The minimum atomic E-state index is -0.144. The first-order valence-corrected chi connectivity index (χ1v) is 7.82. The fourth-order valence-corrected chi connectivity index (χ4v) is 2.72. The van der Waals surface area contributed by atoms with Gasteiger partial charge in [-0.1, -0.05) is 48.0 Å². The quantitative estimate of drug-likeness (QED) is 0.482. The van der Waals surface area contributed by atoms with Crippen LogP contribution in [0.1, 0.15) is 22.3 Å². The average molecular weight is 317 g/mol. The number of carbonyl (C=O) groups excluding carboxylic acids is 1. The summed E-state index contributed by atoms with van der Waals surface area (Å²) in [6, 6.07) is 13.8. The third kappa shape index (κ3) is 2.91. The molecule has 0 bridgehead atoms. The van der Waals surface area contributed by atoms with E-state index in [0.717, 1.165) is 27.9 Å². The van der Waals surface area contributed by atoms with Crippen LogP contribution < -0.4 is 4.90 Å². The summed E-state index contributed by atoms with van der Waals surface area (Å²) < 4.78 is 0. The van der Waals surface area contributed by atoms with Gasteiger partial charge in [-0.3, -0.25) is 4.79 Å². The fourth-order valence-electron chi connectivity index (χ4n) is 2.72. The Labute approximate surface area is 141 Å². The van der Waals surface area contributed by atoms with Crippen LogP contribution in [0, 0.1) is 13.8 Å².